The van der Waals surface area contributed by atoms with Gasteiger partial charge in [0.25, 0.3) is 0 Å². The third-order valence-electron chi connectivity index (χ3n) is 5.89. The quantitative estimate of drug-likeness (QED) is 0.146. The molecule has 0 aliphatic rings. The molecule has 3 aromatic carbocycles. The molecule has 0 saturated carbocycles. The summed E-state index contributed by atoms with van der Waals surface area (Å²) in [5, 5.41) is 2.44. The van der Waals surface area contributed by atoms with Crippen molar-refractivity contribution in [2.45, 2.75) is 0 Å². The van der Waals surface area contributed by atoms with E-state index in [1.165, 1.54) is 20.2 Å². The first-order valence-electron chi connectivity index (χ1n) is 12.1. The van der Waals surface area contributed by atoms with E-state index in [0.29, 0.717) is 11.1 Å². The van der Waals surface area contributed by atoms with Gasteiger partial charge in [-0.2, -0.15) is 17.2 Å². The largest absolute Gasteiger partial charge is 2.00 e. The van der Waals surface area contributed by atoms with Crippen molar-refractivity contribution in [3.63, 3.8) is 0 Å². The van der Waals surface area contributed by atoms with Crippen LogP contribution in [0.4, 0.5) is 9.59 Å². The standard InChI is InChI=1S/C24H14N4O2P2S.2C2H5NO2.2V/c29-11-31-23-25-10-20(28-23)15-2-5-17-16-4-1-14(8-21(16)33-22(17)9-15)13-3-6-18-19(7-13)27-24(26-18)32-12-30;2*1-5-2(3)4;;/h1-10,31-32H,(H,25,28)(H,26,27);2*1H3,(H2,3,4);;/q-2;;;2*+2/p-2. The van der Waals surface area contributed by atoms with Crippen molar-refractivity contribution >= 4 is 95.1 Å². The minimum Gasteiger partial charge on any atom is -0.632 e. The molecule has 2 radical (unpaired) electrons. The number of hydrogen-bond donors (Lipinski definition) is 2. The van der Waals surface area contributed by atoms with Gasteiger partial charge in [0, 0.05) is 25.7 Å². The van der Waals surface area contributed by atoms with Crippen molar-refractivity contribution in [1.29, 1.82) is 0 Å². The summed E-state index contributed by atoms with van der Waals surface area (Å²) in [6.45, 7) is 0. The van der Waals surface area contributed by atoms with Crippen LogP contribution in [-0.2, 0) is 56.2 Å². The molecule has 45 heavy (non-hydrogen) atoms. The topological polar surface area (TPSA) is 192 Å². The van der Waals surface area contributed by atoms with E-state index < -0.39 is 12.2 Å². The predicted octanol–water partition coefficient (Wildman–Crippen LogP) is 6.33. The zero-order chi connectivity index (χ0) is 30.9. The van der Waals surface area contributed by atoms with Crippen LogP contribution in [0.1, 0.15) is 0 Å². The van der Waals surface area contributed by atoms with Gasteiger partial charge in [0.05, 0.1) is 48.3 Å². The fourth-order valence-corrected chi connectivity index (χ4v) is 6.08. The molecular formula is C28H22N6O6P2SV2. The molecular weight excluding hydrogens is 712 g/mol. The molecule has 3 heterocycles. The number of aromatic nitrogens is 4. The van der Waals surface area contributed by atoms with Gasteiger partial charge in [-0.25, -0.2) is 22.0 Å². The molecule has 0 spiro atoms. The van der Waals surface area contributed by atoms with Crippen molar-refractivity contribution < 1.29 is 65.8 Å². The number of nitrogens with zero attached hydrogens (tertiary/aromatic N) is 2. The number of carbonyl (C=O) groups is 2. The van der Waals surface area contributed by atoms with Gasteiger partial charge in [0.15, 0.2) is 0 Å². The summed E-state index contributed by atoms with van der Waals surface area (Å²) in [7, 11) is 2.15. The van der Waals surface area contributed by atoms with Crippen molar-refractivity contribution in [3.8, 4) is 22.4 Å². The third-order valence-corrected chi connectivity index (χ3v) is 8.17. The molecule has 6 aromatic rings. The number of fused-ring (bicyclic) bond motifs is 4. The Kier molecular flexibility index (Phi) is 14.9. The molecule has 0 aliphatic heterocycles. The maximum atomic E-state index is 10.7. The fourth-order valence-electron chi connectivity index (χ4n) is 4.00. The Balaban J connectivity index is 0.000000516. The van der Waals surface area contributed by atoms with E-state index in [2.05, 4.69) is 77.9 Å². The van der Waals surface area contributed by atoms with Crippen LogP contribution in [0.15, 0.2) is 60.8 Å². The Morgan fingerprint density at radius 2 is 1.29 bits per heavy atom. The molecule has 0 bridgehead atoms. The van der Waals surface area contributed by atoms with Gasteiger partial charge in [0.1, 0.15) is 0 Å². The Morgan fingerprint density at radius 3 is 1.87 bits per heavy atom. The van der Waals surface area contributed by atoms with Gasteiger partial charge < -0.3 is 40.5 Å². The summed E-state index contributed by atoms with van der Waals surface area (Å²) in [5.74, 6) is 0. The second kappa shape index (κ2) is 17.8. The number of nitrogens with one attached hydrogen (secondary N) is 4. The van der Waals surface area contributed by atoms with Crippen molar-refractivity contribution in [2.75, 3.05) is 14.2 Å². The van der Waals surface area contributed by atoms with E-state index in [1.807, 2.05) is 18.1 Å². The Morgan fingerprint density at radius 1 is 0.778 bits per heavy atom. The first-order valence-corrected chi connectivity index (χ1v) is 14.9. The average molecular weight is 734 g/mol. The second-order valence-electron chi connectivity index (χ2n) is 8.42. The third kappa shape index (κ3) is 9.73. The van der Waals surface area contributed by atoms with E-state index in [-0.39, 0.29) is 54.3 Å². The minimum atomic E-state index is -0.995. The van der Waals surface area contributed by atoms with Gasteiger partial charge in [0.2, 0.25) is 12.2 Å². The number of rotatable bonds is 6. The van der Waals surface area contributed by atoms with Crippen LogP contribution in [0, 0.1) is 0 Å². The summed E-state index contributed by atoms with van der Waals surface area (Å²) >= 11 is 1.75. The molecule has 17 heteroatoms. The molecule has 2 unspecified atom stereocenters. The summed E-state index contributed by atoms with van der Waals surface area (Å²) in [5.41, 5.74) is 19.1. The number of methoxy groups -OCH3 is 2. The van der Waals surface area contributed by atoms with Gasteiger partial charge in [-0.1, -0.05) is 30.3 Å². The number of benzene rings is 3. The van der Waals surface area contributed by atoms with E-state index in [0.717, 1.165) is 47.6 Å². The number of amides is 2. The molecule has 2 atom stereocenters. The predicted molar refractivity (Wildman–Crippen MR) is 173 cm³/mol. The maximum absolute atomic E-state index is 10.7. The Bertz CT molecular complexity index is 1930. The molecule has 2 amide bonds. The number of imidazole rings is 2. The van der Waals surface area contributed by atoms with Crippen molar-refractivity contribution in [2.24, 2.45) is 0 Å². The van der Waals surface area contributed by atoms with Gasteiger partial charge in [-0.05, 0) is 35.4 Å². The van der Waals surface area contributed by atoms with Crippen LogP contribution >= 0.6 is 28.5 Å². The average Bonchev–Trinajstić information content (AvgIpc) is 3.73. The zero-order valence-corrected chi connectivity index (χ0v) is 29.0. The van der Waals surface area contributed by atoms with E-state index in [9.17, 15) is 19.2 Å². The monoisotopic (exact) mass is 734 g/mol. The summed E-state index contributed by atoms with van der Waals surface area (Å²) in [6, 6.07) is 22.8. The van der Waals surface area contributed by atoms with Crippen LogP contribution in [0.3, 0.4) is 0 Å². The molecule has 4 N–H and O–H groups in total. The zero-order valence-electron chi connectivity index (χ0n) is 23.4. The molecule has 0 aliphatic carbocycles. The molecule has 12 nitrogen and oxygen atoms in total. The van der Waals surface area contributed by atoms with Gasteiger partial charge in [-0.15, -0.1) is 11.3 Å². The number of H-pyrrole nitrogens is 2. The Hall–Kier alpha value is -3.53. The summed E-state index contributed by atoms with van der Waals surface area (Å²) in [4.78, 5) is 54.9. The normalized spacial score (nSPS) is 10.4. The number of carbonyl (C=O) groups excluding carboxylic acids is 4. The van der Waals surface area contributed by atoms with Gasteiger partial charge >= 0.3 is 37.1 Å². The number of thiophene rings is 1. The van der Waals surface area contributed by atoms with Crippen LogP contribution < -0.4 is 11.1 Å². The van der Waals surface area contributed by atoms with E-state index in [1.54, 1.807) is 17.5 Å². The van der Waals surface area contributed by atoms with Gasteiger partial charge in [-0.3, -0.25) is 9.59 Å². The SMILES string of the molecule is COC([NH-])=O.COC([NH-])=O.O=[C-]Pc1ncc(-c2ccc3c(c2)sc2cc(-c4ccc5nc(P[C-]=O)[nH]c5c4)ccc23)[nH]1.[V+2].[V+2]. The van der Waals surface area contributed by atoms with E-state index >= 15 is 0 Å². The first kappa shape index (κ1) is 37.7. The molecule has 3 aromatic heterocycles. The maximum Gasteiger partial charge on any atom is 2.00 e. The second-order valence-corrected chi connectivity index (χ2v) is 11.4. The van der Waals surface area contributed by atoms with Crippen LogP contribution in [-0.4, -0.2) is 58.4 Å². The minimum absolute atomic E-state index is 0. The molecule has 226 valence electrons. The molecule has 0 fully saturated rings. The van der Waals surface area contributed by atoms with E-state index in [4.69, 9.17) is 11.5 Å². The van der Waals surface area contributed by atoms with Crippen LogP contribution in [0.2, 0.25) is 0 Å². The Labute approximate surface area is 288 Å². The van der Waals surface area contributed by atoms with Crippen LogP contribution in [0.25, 0.3) is 65.1 Å². The van der Waals surface area contributed by atoms with Crippen molar-refractivity contribution in [3.05, 3.63) is 72.3 Å². The fraction of sp³-hybridized carbons (Fsp3) is 0.0714. The molecule has 0 saturated heterocycles. The number of ether oxygens (including phenoxy) is 2. The molecule has 6 rings (SSSR count). The van der Waals surface area contributed by atoms with Crippen LogP contribution in [0.5, 0.6) is 0 Å². The smallest absolute Gasteiger partial charge is 0.632 e. The number of aromatic amines is 2. The summed E-state index contributed by atoms with van der Waals surface area (Å²) < 4.78 is 9.96. The summed E-state index contributed by atoms with van der Waals surface area (Å²) in [6.07, 6.45) is -0.230. The van der Waals surface area contributed by atoms with Crippen molar-refractivity contribution in [1.82, 2.24) is 19.9 Å². The number of hydrogen-bond acceptors (Lipinski definition) is 9. The first-order chi connectivity index (χ1) is 20.8.